The zero-order chi connectivity index (χ0) is 35.8. The number of hydrogen-bond acceptors (Lipinski definition) is 5. The molecule has 0 saturated heterocycles. The van der Waals surface area contributed by atoms with Crippen molar-refractivity contribution in [2.75, 3.05) is 11.9 Å². The fraction of sp³-hybridized carbons (Fsp3) is 0.100. The van der Waals surface area contributed by atoms with Crippen molar-refractivity contribution in [2.45, 2.75) is 17.8 Å². The number of hydrogen-bond donors (Lipinski definition) is 0. The molecule has 3 aromatic heterocycles. The van der Waals surface area contributed by atoms with E-state index in [0.717, 1.165) is 22.5 Å². The number of alkyl halides is 6. The van der Waals surface area contributed by atoms with Crippen LogP contribution >= 0.6 is 0 Å². The molecule has 2 aliphatic rings. The molecular formula is C40H25F6IrN5-4. The largest absolute Gasteiger partial charge is 0.510 e. The van der Waals surface area contributed by atoms with Crippen LogP contribution in [0.4, 0.5) is 32.0 Å². The van der Waals surface area contributed by atoms with Crippen molar-refractivity contribution in [3.05, 3.63) is 187 Å². The summed E-state index contributed by atoms with van der Waals surface area (Å²) in [5.41, 5.74) is 3.17. The number of fused-ring (bicyclic) bond motifs is 3. The van der Waals surface area contributed by atoms with Crippen molar-refractivity contribution < 1.29 is 46.4 Å². The van der Waals surface area contributed by atoms with Crippen LogP contribution in [0.3, 0.4) is 0 Å². The first-order valence-electron chi connectivity index (χ1n) is 15.6. The molecular weight excluding hydrogens is 857 g/mol. The predicted octanol–water partition coefficient (Wildman–Crippen LogP) is 9.37. The quantitative estimate of drug-likeness (QED) is 0.130. The molecule has 0 spiro atoms. The van der Waals surface area contributed by atoms with Crippen LogP contribution in [-0.2, 0) is 37.9 Å². The second-order valence-electron chi connectivity index (χ2n) is 11.6. The first-order valence-corrected chi connectivity index (χ1v) is 15.6. The summed E-state index contributed by atoms with van der Waals surface area (Å²) in [5.74, 6) is 0. The van der Waals surface area contributed by atoms with E-state index in [1.165, 1.54) is 41.1 Å². The van der Waals surface area contributed by atoms with E-state index in [1.54, 1.807) is 0 Å². The molecule has 1 aliphatic carbocycles. The van der Waals surface area contributed by atoms with Gasteiger partial charge in [-0.2, -0.15) is 81.5 Å². The minimum Gasteiger partial charge on any atom is -0.510 e. The Morgan fingerprint density at radius 3 is 2.13 bits per heavy atom. The summed E-state index contributed by atoms with van der Waals surface area (Å²) >= 11 is 0. The van der Waals surface area contributed by atoms with Crippen LogP contribution in [0.2, 0.25) is 0 Å². The molecule has 3 aromatic carbocycles. The van der Waals surface area contributed by atoms with Crippen molar-refractivity contribution in [1.29, 1.82) is 0 Å². The van der Waals surface area contributed by atoms with E-state index in [0.29, 0.717) is 6.07 Å². The van der Waals surface area contributed by atoms with Crippen molar-refractivity contribution in [2.24, 2.45) is 0 Å². The summed E-state index contributed by atoms with van der Waals surface area (Å²) in [6, 6.07) is 41.1. The Bertz CT molecular complexity index is 2160. The second-order valence-corrected chi connectivity index (χ2v) is 11.6. The molecule has 12 heteroatoms. The van der Waals surface area contributed by atoms with Crippen LogP contribution in [0.25, 0.3) is 22.4 Å². The number of halogens is 6. The second kappa shape index (κ2) is 14.4. The van der Waals surface area contributed by atoms with Gasteiger partial charge in [0.25, 0.3) is 0 Å². The van der Waals surface area contributed by atoms with Gasteiger partial charge >= 0.3 is 12.4 Å². The molecule has 0 unspecified atom stereocenters. The zero-order valence-corrected chi connectivity index (χ0v) is 29.4. The van der Waals surface area contributed by atoms with Gasteiger partial charge in [0, 0.05) is 37.9 Å². The van der Waals surface area contributed by atoms with Gasteiger partial charge in [-0.25, -0.2) is 0 Å². The number of rotatable bonds is 4. The van der Waals surface area contributed by atoms with Gasteiger partial charge in [-0.1, -0.05) is 53.6 Å². The van der Waals surface area contributed by atoms with Crippen molar-refractivity contribution in [1.82, 2.24) is 19.9 Å². The summed E-state index contributed by atoms with van der Waals surface area (Å²) in [5, 5.41) is 0. The van der Waals surface area contributed by atoms with Crippen LogP contribution in [0.15, 0.2) is 128 Å². The summed E-state index contributed by atoms with van der Waals surface area (Å²) in [6.07, 6.45) is -2.84. The van der Waals surface area contributed by atoms with Crippen LogP contribution in [0, 0.1) is 24.9 Å². The zero-order valence-electron chi connectivity index (χ0n) is 27.0. The molecule has 4 heterocycles. The van der Waals surface area contributed by atoms with Gasteiger partial charge in [-0.15, -0.1) is 34.5 Å². The van der Waals surface area contributed by atoms with E-state index in [1.807, 2.05) is 55.4 Å². The van der Waals surface area contributed by atoms with Crippen LogP contribution < -0.4 is 4.90 Å². The van der Waals surface area contributed by atoms with Gasteiger partial charge < -0.3 is 19.8 Å². The van der Waals surface area contributed by atoms with Gasteiger partial charge in [0.15, 0.2) is 0 Å². The molecule has 5 nitrogen and oxygen atoms in total. The van der Waals surface area contributed by atoms with E-state index in [4.69, 9.17) is 4.98 Å². The molecule has 0 saturated carbocycles. The van der Waals surface area contributed by atoms with Crippen LogP contribution in [-0.4, -0.2) is 26.9 Å². The molecule has 0 N–H and O–H groups in total. The number of benzene rings is 3. The molecule has 1 atom stereocenters. The maximum absolute atomic E-state index is 12.8. The summed E-state index contributed by atoms with van der Waals surface area (Å²) in [7, 11) is 2.02. The third-order valence-corrected chi connectivity index (χ3v) is 8.43. The van der Waals surface area contributed by atoms with E-state index < -0.39 is 34.7 Å². The molecule has 1 radical (unpaired) electrons. The molecule has 52 heavy (non-hydrogen) atoms. The molecule has 8 rings (SSSR count). The first-order chi connectivity index (χ1) is 24.5. The average Bonchev–Trinajstić information content (AvgIpc) is 3.71. The van der Waals surface area contributed by atoms with Gasteiger partial charge in [-0.05, 0) is 48.9 Å². The van der Waals surface area contributed by atoms with E-state index in [-0.39, 0.29) is 25.8 Å². The maximum Gasteiger partial charge on any atom is 0.397 e. The van der Waals surface area contributed by atoms with Crippen molar-refractivity contribution in [3.63, 3.8) is 0 Å². The number of aromatic nitrogens is 3. The van der Waals surface area contributed by atoms with Gasteiger partial charge in [-0.3, -0.25) is 4.98 Å². The Balaban J connectivity index is 0.000000193. The molecule has 0 amide bonds. The predicted molar refractivity (Wildman–Crippen MR) is 179 cm³/mol. The molecule has 6 aromatic rings. The molecule has 1 aliphatic heterocycles. The number of nitrogens with zero attached hydrogens (tertiary/aromatic N) is 5. The van der Waals surface area contributed by atoms with Crippen molar-refractivity contribution in [3.8, 4) is 22.4 Å². The monoisotopic (exact) mass is 882 g/mol. The Kier molecular flexibility index (Phi) is 10.1. The molecule has 0 bridgehead atoms. The Morgan fingerprint density at radius 1 is 0.731 bits per heavy atom. The fourth-order valence-corrected chi connectivity index (χ4v) is 6.31. The van der Waals surface area contributed by atoms with Crippen LogP contribution in [0.5, 0.6) is 0 Å². The Labute approximate surface area is 309 Å². The topological polar surface area (TPSA) is 45.2 Å². The summed E-state index contributed by atoms with van der Waals surface area (Å²) in [4.78, 5) is 15.3. The third-order valence-electron chi connectivity index (χ3n) is 8.43. The van der Waals surface area contributed by atoms with Gasteiger partial charge in [0.2, 0.25) is 0 Å². The van der Waals surface area contributed by atoms with Crippen molar-refractivity contribution >= 4 is 5.69 Å². The fourth-order valence-electron chi connectivity index (χ4n) is 6.31. The number of anilines is 1. The van der Waals surface area contributed by atoms with Gasteiger partial charge in [0.1, 0.15) is 0 Å². The third kappa shape index (κ3) is 6.71. The smallest absolute Gasteiger partial charge is 0.397 e. The Hall–Kier alpha value is -5.32. The minimum absolute atomic E-state index is 0. The Morgan fingerprint density at radius 2 is 1.46 bits per heavy atom. The van der Waals surface area contributed by atoms with E-state index in [9.17, 15) is 26.3 Å². The summed E-state index contributed by atoms with van der Waals surface area (Å²) in [6.45, 7) is 2.05. The maximum atomic E-state index is 12.8. The SMILES string of the molecule is CN1C=CN(c2[c-]c([C@]3(c4ccccn4)c4[c-]cccc4-c4ccccc43)ccc2)[CH-]1.FC(F)(F)c1c[c-]c(-c2ccccn2)c(C(F)(F)F)n1.[Ir]. The molecule has 0 fully saturated rings. The standard InChI is InChI=1S/C28H20N3.C12H5F6N2.Ir/c1-30-17-18-31(20-30)22-10-8-9-21(19-22)28(27-15-6-7-16-29-27)25-13-4-2-11-23(25)24-12-3-5-14-26(24)28;13-11(14,15)9-5-4-7(8-3-1-2-6-19-8)10(20-9)12(16,17)18;/h2-13,15-18,20H,1H3;1-3,5-6H;/q-3;-1;/t28-;;/m1../s1. The first kappa shape index (κ1) is 36.5. The minimum atomic E-state index is -5.04. The van der Waals surface area contributed by atoms with Gasteiger partial charge in [0.05, 0.1) is 17.1 Å². The summed E-state index contributed by atoms with van der Waals surface area (Å²) < 4.78 is 75.7. The van der Waals surface area contributed by atoms with E-state index >= 15 is 0 Å². The van der Waals surface area contributed by atoms with E-state index in [2.05, 4.69) is 93.7 Å². The normalized spacial score (nSPS) is 16.1. The van der Waals surface area contributed by atoms with Crippen LogP contribution in [0.1, 0.15) is 33.8 Å². The average molecular weight is 882 g/mol. The number of pyridine rings is 3. The molecule has 265 valence electrons.